The van der Waals surface area contributed by atoms with Gasteiger partial charge in [-0.25, -0.2) is 28.1 Å². The second kappa shape index (κ2) is 8.82. The van der Waals surface area contributed by atoms with Gasteiger partial charge >= 0.3 is 5.76 Å². The molecule has 0 saturated carbocycles. The highest BCUT2D eigenvalue weighted by Crippen LogP contribution is 2.34. The molecular weight excluding hydrogens is 436 g/mol. The molecule has 162 valence electrons. The van der Waals surface area contributed by atoms with Gasteiger partial charge in [0, 0.05) is 20.2 Å². The maximum absolute atomic E-state index is 13.1. The Morgan fingerprint density at radius 3 is 2.67 bits per heavy atom. The molecule has 0 fully saturated rings. The van der Waals surface area contributed by atoms with Crippen LogP contribution in [0.15, 0.2) is 27.5 Å². The van der Waals surface area contributed by atoms with Crippen LogP contribution in [0.4, 0.5) is 8.78 Å². The van der Waals surface area contributed by atoms with E-state index in [4.69, 9.17) is 25.5 Å². The fourth-order valence-corrected chi connectivity index (χ4v) is 3.81. The lowest BCUT2D eigenvalue weighted by atomic mass is 10.1. The number of halogens is 3. The van der Waals surface area contributed by atoms with Crippen LogP contribution in [0.3, 0.4) is 0 Å². The Bertz CT molecular complexity index is 1110. The lowest BCUT2D eigenvalue weighted by molar-refractivity contribution is 0.0850. The highest BCUT2D eigenvalue weighted by Gasteiger charge is 2.22. The summed E-state index contributed by atoms with van der Waals surface area (Å²) in [5.74, 6) is -0.946. The van der Waals surface area contributed by atoms with Crippen molar-refractivity contribution in [2.24, 2.45) is 0 Å². The Morgan fingerprint density at radius 2 is 2.03 bits per heavy atom. The number of oxazole rings is 1. The number of fused-ring (bicyclic) bond motifs is 1. The SMILES string of the molecule is COc1nc(-c2ccc(Cl)c3c2oc(=O)n3COCC[Si](C)(C)C)cnc1C(F)F. The molecule has 2 aromatic heterocycles. The summed E-state index contributed by atoms with van der Waals surface area (Å²) in [7, 11) is -0.0471. The van der Waals surface area contributed by atoms with Crippen molar-refractivity contribution in [2.75, 3.05) is 13.7 Å². The normalized spacial score (nSPS) is 12.1. The fourth-order valence-electron chi connectivity index (χ4n) is 2.80. The van der Waals surface area contributed by atoms with Crippen LogP contribution >= 0.6 is 11.6 Å². The predicted molar refractivity (Wildman–Crippen MR) is 112 cm³/mol. The minimum atomic E-state index is -2.83. The Morgan fingerprint density at radius 1 is 1.30 bits per heavy atom. The Balaban J connectivity index is 2.01. The third-order valence-electron chi connectivity index (χ3n) is 4.42. The topological polar surface area (TPSA) is 79.4 Å². The number of nitrogens with zero attached hydrogens (tertiary/aromatic N) is 3. The first kappa shape index (κ1) is 22.4. The van der Waals surface area contributed by atoms with Crippen molar-refractivity contribution in [1.82, 2.24) is 14.5 Å². The number of ether oxygens (including phenoxy) is 2. The van der Waals surface area contributed by atoms with Gasteiger partial charge in [-0.15, -0.1) is 0 Å². The molecule has 0 aliphatic heterocycles. The molecule has 0 aliphatic rings. The van der Waals surface area contributed by atoms with Crippen molar-refractivity contribution in [3.63, 3.8) is 0 Å². The first-order chi connectivity index (χ1) is 14.1. The van der Waals surface area contributed by atoms with Gasteiger partial charge in [-0.3, -0.25) is 0 Å². The molecule has 0 saturated heterocycles. The summed E-state index contributed by atoms with van der Waals surface area (Å²) in [5, 5.41) is 0.289. The highest BCUT2D eigenvalue weighted by molar-refractivity contribution is 6.76. The minimum absolute atomic E-state index is 0.0151. The summed E-state index contributed by atoms with van der Waals surface area (Å²) in [4.78, 5) is 20.3. The van der Waals surface area contributed by atoms with Gasteiger partial charge in [-0.1, -0.05) is 31.2 Å². The van der Waals surface area contributed by atoms with Gasteiger partial charge in [0.05, 0.1) is 24.0 Å². The second-order valence-corrected chi connectivity index (χ2v) is 13.9. The average molecular weight is 458 g/mol. The first-order valence-corrected chi connectivity index (χ1v) is 13.3. The van der Waals surface area contributed by atoms with E-state index in [-0.39, 0.29) is 28.9 Å². The fraction of sp³-hybridized carbons (Fsp3) is 0.421. The highest BCUT2D eigenvalue weighted by atomic mass is 35.5. The molecule has 0 spiro atoms. The van der Waals surface area contributed by atoms with Gasteiger partial charge in [-0.05, 0) is 18.2 Å². The van der Waals surface area contributed by atoms with Gasteiger partial charge in [0.15, 0.2) is 11.3 Å². The van der Waals surface area contributed by atoms with Crippen molar-refractivity contribution in [2.45, 2.75) is 38.8 Å². The summed E-state index contributed by atoms with van der Waals surface area (Å²) >= 11 is 6.32. The van der Waals surface area contributed by atoms with E-state index in [1.807, 2.05) is 0 Å². The third-order valence-corrected chi connectivity index (χ3v) is 6.43. The molecule has 0 radical (unpaired) electrons. The number of aromatic nitrogens is 3. The molecule has 1 aromatic carbocycles. The maximum Gasteiger partial charge on any atom is 0.421 e. The summed E-state index contributed by atoms with van der Waals surface area (Å²) in [6, 6.07) is 4.10. The van der Waals surface area contributed by atoms with Crippen LogP contribution in [0.5, 0.6) is 5.88 Å². The number of hydrogen-bond acceptors (Lipinski definition) is 6. The molecule has 30 heavy (non-hydrogen) atoms. The number of benzene rings is 1. The molecule has 0 aliphatic carbocycles. The lowest BCUT2D eigenvalue weighted by Gasteiger charge is -2.15. The van der Waals surface area contributed by atoms with Crippen molar-refractivity contribution in [1.29, 1.82) is 0 Å². The van der Waals surface area contributed by atoms with Crippen LogP contribution in [0.1, 0.15) is 12.1 Å². The zero-order chi connectivity index (χ0) is 22.1. The Labute approximate surface area is 177 Å². The number of methoxy groups -OCH3 is 1. The number of alkyl halides is 2. The molecule has 0 bridgehead atoms. The van der Waals surface area contributed by atoms with Crippen molar-refractivity contribution in [3.05, 3.63) is 39.6 Å². The van der Waals surface area contributed by atoms with E-state index in [1.54, 1.807) is 12.1 Å². The molecule has 0 amide bonds. The number of hydrogen-bond donors (Lipinski definition) is 0. The van der Waals surface area contributed by atoms with E-state index in [2.05, 4.69) is 29.6 Å². The van der Waals surface area contributed by atoms with E-state index in [0.717, 1.165) is 6.04 Å². The van der Waals surface area contributed by atoms with Gasteiger partial charge in [-0.2, -0.15) is 0 Å². The van der Waals surface area contributed by atoms with Crippen molar-refractivity contribution < 1.29 is 22.7 Å². The van der Waals surface area contributed by atoms with Gasteiger partial charge in [0.1, 0.15) is 12.2 Å². The molecular formula is C19H22ClF2N3O4Si. The second-order valence-electron chi connectivity index (χ2n) is 7.87. The largest absolute Gasteiger partial charge is 0.480 e. The van der Waals surface area contributed by atoms with E-state index < -0.39 is 25.9 Å². The van der Waals surface area contributed by atoms with Crippen LogP contribution in [-0.2, 0) is 11.5 Å². The molecule has 2 heterocycles. The smallest absolute Gasteiger partial charge is 0.421 e. The number of rotatable bonds is 8. The molecule has 3 rings (SSSR count). The zero-order valence-corrected chi connectivity index (χ0v) is 18.8. The molecule has 7 nitrogen and oxygen atoms in total. The first-order valence-electron chi connectivity index (χ1n) is 9.21. The summed E-state index contributed by atoms with van der Waals surface area (Å²) < 4.78 is 43.4. The molecule has 3 aromatic rings. The average Bonchev–Trinajstić information content (AvgIpc) is 3.01. The zero-order valence-electron chi connectivity index (χ0n) is 17.0. The molecule has 0 atom stereocenters. The van der Waals surface area contributed by atoms with Crippen molar-refractivity contribution >= 4 is 30.8 Å². The predicted octanol–water partition coefficient (Wildman–Crippen LogP) is 4.96. The molecule has 0 N–H and O–H groups in total. The van der Waals surface area contributed by atoms with E-state index in [9.17, 15) is 13.6 Å². The van der Waals surface area contributed by atoms with Crippen LogP contribution in [0.25, 0.3) is 22.4 Å². The summed E-state index contributed by atoms with van der Waals surface area (Å²) in [6.07, 6.45) is -1.66. The van der Waals surface area contributed by atoms with Gasteiger partial charge < -0.3 is 13.9 Å². The van der Waals surface area contributed by atoms with Crippen LogP contribution in [-0.4, -0.2) is 36.3 Å². The van der Waals surface area contributed by atoms with E-state index in [0.29, 0.717) is 17.7 Å². The third kappa shape index (κ3) is 4.71. The van der Waals surface area contributed by atoms with Crippen LogP contribution < -0.4 is 10.5 Å². The Kier molecular flexibility index (Phi) is 6.58. The van der Waals surface area contributed by atoms with Crippen LogP contribution in [0, 0.1) is 0 Å². The van der Waals surface area contributed by atoms with Crippen molar-refractivity contribution in [3.8, 4) is 17.1 Å². The Hall–Kier alpha value is -2.30. The standard InChI is InChI=1S/C19H22ClF2N3O4Si/c1-27-18-14(17(21)22)23-9-13(24-18)11-5-6-12(20)15-16(11)29-19(26)25(15)10-28-7-8-30(2,3)4/h5-6,9,17H,7-8,10H2,1-4H3. The minimum Gasteiger partial charge on any atom is -0.480 e. The van der Waals surface area contributed by atoms with E-state index in [1.165, 1.54) is 17.9 Å². The monoisotopic (exact) mass is 457 g/mol. The molecule has 0 unspecified atom stereocenters. The van der Waals surface area contributed by atoms with Gasteiger partial charge in [0.25, 0.3) is 6.43 Å². The summed E-state index contributed by atoms with van der Waals surface area (Å²) in [5.41, 5.74) is 0.520. The quantitative estimate of drug-likeness (QED) is 0.351. The maximum atomic E-state index is 13.1. The lowest BCUT2D eigenvalue weighted by Crippen LogP contribution is -2.23. The molecule has 11 heteroatoms. The van der Waals surface area contributed by atoms with Crippen LogP contribution in [0.2, 0.25) is 30.7 Å². The van der Waals surface area contributed by atoms with Gasteiger partial charge in [0.2, 0.25) is 5.88 Å². The van der Waals surface area contributed by atoms with E-state index >= 15 is 0 Å². The summed E-state index contributed by atoms with van der Waals surface area (Å²) in [6.45, 7) is 7.19.